The molecule has 0 radical (unpaired) electrons. The van der Waals surface area contributed by atoms with Crippen LogP contribution in [0, 0.1) is 11.6 Å². The second-order valence-electron chi connectivity index (χ2n) is 3.69. The van der Waals surface area contributed by atoms with E-state index in [2.05, 4.69) is 25.2 Å². The first-order chi connectivity index (χ1) is 9.15. The molecule has 0 aliphatic heterocycles. The van der Waals surface area contributed by atoms with Gasteiger partial charge in [0.2, 0.25) is 11.5 Å². The predicted octanol–water partition coefficient (Wildman–Crippen LogP) is 2.35. The van der Waals surface area contributed by atoms with Gasteiger partial charge in [0, 0.05) is 6.07 Å². The fourth-order valence-corrected chi connectivity index (χ4v) is 1.56. The van der Waals surface area contributed by atoms with Crippen molar-refractivity contribution >= 4 is 22.5 Å². The van der Waals surface area contributed by atoms with Crippen LogP contribution in [0.4, 0.5) is 20.2 Å². The average molecular weight is 264 g/mol. The van der Waals surface area contributed by atoms with E-state index in [4.69, 9.17) is 0 Å². The van der Waals surface area contributed by atoms with Crippen molar-refractivity contribution in [3.05, 3.63) is 35.9 Å². The van der Waals surface area contributed by atoms with Crippen molar-refractivity contribution in [2.45, 2.75) is 0 Å². The molecule has 0 spiro atoms. The number of nitrogens with zero attached hydrogens (tertiary/aromatic N) is 3. The number of hydrogen-bond acceptors (Lipinski definition) is 6. The summed E-state index contributed by atoms with van der Waals surface area (Å²) in [7, 11) is 0. The Balaban J connectivity index is 2.05. The minimum atomic E-state index is -1.06. The molecule has 19 heavy (non-hydrogen) atoms. The van der Waals surface area contributed by atoms with Gasteiger partial charge < -0.3 is 10.4 Å². The van der Waals surface area contributed by atoms with Gasteiger partial charge >= 0.3 is 0 Å². The lowest BCUT2D eigenvalue weighted by Gasteiger charge is -2.08. The van der Waals surface area contributed by atoms with Crippen molar-refractivity contribution in [3.63, 3.8) is 0 Å². The van der Waals surface area contributed by atoms with Crippen LogP contribution in [0.2, 0.25) is 0 Å². The average Bonchev–Trinajstić information content (AvgIpc) is 2.82. The molecule has 8 heteroatoms. The van der Waals surface area contributed by atoms with Gasteiger partial charge in [0.1, 0.15) is 5.69 Å². The molecule has 3 aromatic rings. The highest BCUT2D eigenvalue weighted by Gasteiger charge is 2.13. The Hall–Kier alpha value is -2.77. The molecular formula is C11H6F2N4O2. The smallest absolute Gasteiger partial charge is 0.237 e. The van der Waals surface area contributed by atoms with E-state index < -0.39 is 17.5 Å². The van der Waals surface area contributed by atoms with Crippen molar-refractivity contribution in [2.24, 2.45) is 0 Å². The summed E-state index contributed by atoms with van der Waals surface area (Å²) in [5.41, 5.74) is 0.320. The molecule has 2 N–H and O–H groups in total. The van der Waals surface area contributed by atoms with Crippen LogP contribution >= 0.6 is 0 Å². The van der Waals surface area contributed by atoms with Gasteiger partial charge in [-0.05, 0) is 22.4 Å². The van der Waals surface area contributed by atoms with E-state index in [1.165, 1.54) is 18.2 Å². The molecule has 3 rings (SSSR count). The van der Waals surface area contributed by atoms with Gasteiger partial charge in [-0.1, -0.05) is 6.07 Å². The molecule has 0 saturated carbocycles. The first-order valence-electron chi connectivity index (χ1n) is 5.18. The third kappa shape index (κ3) is 1.92. The topological polar surface area (TPSA) is 84.1 Å². The number of halogens is 2. The lowest BCUT2D eigenvalue weighted by Crippen LogP contribution is -1.97. The van der Waals surface area contributed by atoms with Gasteiger partial charge in [0.05, 0.1) is 5.69 Å². The zero-order valence-corrected chi connectivity index (χ0v) is 9.26. The summed E-state index contributed by atoms with van der Waals surface area (Å²) in [5.74, 6) is -2.48. The standard InChI is InChI=1S/C11H6F2N4O2/c12-5-2-1-3-6(9(5)13)14-8-4-7-10(15-11(8)18)17-19-16-7/h1-4,14H,(H,15,17,18). The monoisotopic (exact) mass is 264 g/mol. The Labute approximate surface area is 104 Å². The summed E-state index contributed by atoms with van der Waals surface area (Å²) in [4.78, 5) is 3.69. The normalized spacial score (nSPS) is 10.8. The number of hydrogen-bond donors (Lipinski definition) is 2. The van der Waals surface area contributed by atoms with E-state index in [-0.39, 0.29) is 22.5 Å². The van der Waals surface area contributed by atoms with Crippen LogP contribution in [-0.2, 0) is 0 Å². The number of fused-ring (bicyclic) bond motifs is 1. The van der Waals surface area contributed by atoms with Crippen LogP contribution in [0.5, 0.6) is 5.88 Å². The molecule has 96 valence electrons. The molecule has 2 aromatic heterocycles. The number of benzene rings is 1. The van der Waals surface area contributed by atoms with E-state index in [1.54, 1.807) is 0 Å². The Morgan fingerprint density at radius 3 is 2.84 bits per heavy atom. The molecule has 0 fully saturated rings. The number of nitrogens with one attached hydrogen (secondary N) is 1. The molecule has 0 amide bonds. The highest BCUT2D eigenvalue weighted by molar-refractivity contribution is 5.78. The van der Waals surface area contributed by atoms with Crippen molar-refractivity contribution in [1.29, 1.82) is 0 Å². The number of pyridine rings is 1. The van der Waals surface area contributed by atoms with Gasteiger partial charge in [-0.2, -0.15) is 4.98 Å². The van der Waals surface area contributed by atoms with E-state index in [1.807, 2.05) is 0 Å². The lowest BCUT2D eigenvalue weighted by molar-refractivity contribution is 0.314. The van der Waals surface area contributed by atoms with E-state index in [9.17, 15) is 13.9 Å². The second-order valence-corrected chi connectivity index (χ2v) is 3.69. The summed E-state index contributed by atoms with van der Waals surface area (Å²) < 4.78 is 31.0. The van der Waals surface area contributed by atoms with Gasteiger partial charge in [-0.25, -0.2) is 13.4 Å². The van der Waals surface area contributed by atoms with E-state index in [0.717, 1.165) is 6.07 Å². The summed E-state index contributed by atoms with van der Waals surface area (Å²) in [6.45, 7) is 0. The molecule has 0 atom stereocenters. The maximum absolute atomic E-state index is 13.5. The molecule has 0 aliphatic carbocycles. The first kappa shape index (κ1) is 11.3. The Bertz CT molecular complexity index is 760. The van der Waals surface area contributed by atoms with Crippen molar-refractivity contribution in [1.82, 2.24) is 15.3 Å². The molecule has 1 aromatic carbocycles. The fourth-order valence-electron chi connectivity index (χ4n) is 1.56. The SMILES string of the molecule is Oc1nc2nonc2cc1Nc1cccc(F)c1F. The van der Waals surface area contributed by atoms with Gasteiger partial charge in [-0.3, -0.25) is 0 Å². The zero-order valence-electron chi connectivity index (χ0n) is 9.26. The van der Waals surface area contributed by atoms with Crippen LogP contribution in [0.1, 0.15) is 0 Å². The Kier molecular flexibility index (Phi) is 2.48. The van der Waals surface area contributed by atoms with Gasteiger partial charge in [0.25, 0.3) is 0 Å². The number of rotatable bonds is 2. The molecule has 2 heterocycles. The predicted molar refractivity (Wildman–Crippen MR) is 60.9 cm³/mol. The number of anilines is 2. The fraction of sp³-hybridized carbons (Fsp3) is 0. The summed E-state index contributed by atoms with van der Waals surface area (Å²) in [5, 5.41) is 19.2. The number of aromatic hydroxyl groups is 1. The molecular weight excluding hydrogens is 258 g/mol. The highest BCUT2D eigenvalue weighted by Crippen LogP contribution is 2.29. The van der Waals surface area contributed by atoms with E-state index >= 15 is 0 Å². The van der Waals surface area contributed by atoms with Crippen LogP contribution in [0.15, 0.2) is 28.9 Å². The molecule has 6 nitrogen and oxygen atoms in total. The molecule has 0 bridgehead atoms. The van der Waals surface area contributed by atoms with E-state index in [0.29, 0.717) is 0 Å². The van der Waals surface area contributed by atoms with Gasteiger partial charge in [0.15, 0.2) is 17.2 Å². The minimum absolute atomic E-state index is 0.0627. The van der Waals surface area contributed by atoms with Gasteiger partial charge in [-0.15, -0.1) is 0 Å². The quantitative estimate of drug-likeness (QED) is 0.739. The molecule has 0 saturated heterocycles. The van der Waals surface area contributed by atoms with Crippen molar-refractivity contribution in [3.8, 4) is 5.88 Å². The van der Waals surface area contributed by atoms with Crippen LogP contribution < -0.4 is 5.32 Å². The minimum Gasteiger partial charge on any atom is -0.492 e. The van der Waals surface area contributed by atoms with Crippen LogP contribution in [0.3, 0.4) is 0 Å². The number of aromatic nitrogens is 3. The maximum atomic E-state index is 13.5. The summed E-state index contributed by atoms with van der Waals surface area (Å²) in [6, 6.07) is 5.01. The Morgan fingerprint density at radius 1 is 1.16 bits per heavy atom. The van der Waals surface area contributed by atoms with Crippen LogP contribution in [-0.4, -0.2) is 20.4 Å². The Morgan fingerprint density at radius 2 is 2.00 bits per heavy atom. The van der Waals surface area contributed by atoms with Crippen LogP contribution in [0.25, 0.3) is 11.2 Å². The zero-order chi connectivity index (χ0) is 13.4. The lowest BCUT2D eigenvalue weighted by atomic mass is 10.2. The van der Waals surface area contributed by atoms with Crippen molar-refractivity contribution in [2.75, 3.05) is 5.32 Å². The van der Waals surface area contributed by atoms with Crippen molar-refractivity contribution < 1.29 is 18.5 Å². The summed E-state index contributed by atoms with van der Waals surface area (Å²) >= 11 is 0. The maximum Gasteiger partial charge on any atom is 0.237 e. The third-order valence-electron chi connectivity index (χ3n) is 2.45. The third-order valence-corrected chi connectivity index (χ3v) is 2.45. The largest absolute Gasteiger partial charge is 0.492 e. The molecule has 0 unspecified atom stereocenters. The molecule has 0 aliphatic rings. The first-order valence-corrected chi connectivity index (χ1v) is 5.18. The summed E-state index contributed by atoms with van der Waals surface area (Å²) in [6.07, 6.45) is 0. The highest BCUT2D eigenvalue weighted by atomic mass is 19.2. The second kappa shape index (κ2) is 4.16.